The quantitative estimate of drug-likeness (QED) is 0.115. The van der Waals surface area contributed by atoms with Crippen LogP contribution in [0.4, 0.5) is 13.2 Å². The van der Waals surface area contributed by atoms with Crippen LogP contribution >= 0.6 is 7.92 Å². The molecule has 0 fully saturated rings. The summed E-state index contributed by atoms with van der Waals surface area (Å²) in [5.74, 6) is -0.385. The molecule has 8 heteroatoms. The van der Waals surface area contributed by atoms with Gasteiger partial charge >= 0.3 is 15.6 Å². The molecule has 0 unspecified atom stereocenters. The van der Waals surface area contributed by atoms with Gasteiger partial charge in [-0.15, -0.1) is 0 Å². The number of benzene rings is 6. The van der Waals surface area contributed by atoms with Crippen molar-refractivity contribution in [1.82, 2.24) is 0 Å². The van der Waals surface area contributed by atoms with Crippen molar-refractivity contribution in [3.05, 3.63) is 187 Å². The minimum absolute atomic E-state index is 0.289. The Morgan fingerprint density at radius 2 is 0.867 bits per heavy atom. The average Bonchev–Trinajstić information content (AvgIpc) is 3.05. The van der Waals surface area contributed by atoms with Gasteiger partial charge in [-0.25, -0.2) is 0 Å². The fraction of sp³-hybridized carbons (Fsp3) is 0.0270. The molecule has 0 radical (unpaired) electrons. The first-order valence-electron chi connectivity index (χ1n) is 14.1. The Kier molecular flexibility index (Phi) is 7.31. The van der Waals surface area contributed by atoms with E-state index in [0.717, 1.165) is 42.0 Å². The second-order valence-electron chi connectivity index (χ2n) is 10.5. The van der Waals surface area contributed by atoms with Crippen LogP contribution in [0.25, 0.3) is 0 Å². The van der Waals surface area contributed by atoms with E-state index in [0.29, 0.717) is 10.4 Å². The average molecular weight is 637 g/mol. The number of alkyl halides is 3. The van der Waals surface area contributed by atoms with E-state index in [-0.39, 0.29) is 11.0 Å². The Morgan fingerprint density at radius 3 is 1.36 bits per heavy atom. The lowest BCUT2D eigenvalue weighted by molar-refractivity contribution is -0.0500. The van der Waals surface area contributed by atoms with Gasteiger partial charge in [0.05, 0.1) is 0 Å². The lowest BCUT2D eigenvalue weighted by atomic mass is 10.0. The predicted octanol–water partition coefficient (Wildman–Crippen LogP) is 7.13. The van der Waals surface area contributed by atoms with Gasteiger partial charge < -0.3 is 4.18 Å². The summed E-state index contributed by atoms with van der Waals surface area (Å²) in [6, 6.07) is 46.0. The molecule has 1 aliphatic rings. The number of rotatable bonds is 5. The van der Waals surface area contributed by atoms with Gasteiger partial charge in [0.15, 0.2) is 5.75 Å². The van der Waals surface area contributed by atoms with Gasteiger partial charge in [0.25, 0.3) is 0 Å². The topological polar surface area (TPSA) is 43.4 Å². The molecule has 3 nitrogen and oxygen atoms in total. The number of fused-ring (bicyclic) bond motifs is 4. The van der Waals surface area contributed by atoms with Gasteiger partial charge in [-0.3, -0.25) is 0 Å². The fourth-order valence-electron chi connectivity index (χ4n) is 5.95. The van der Waals surface area contributed by atoms with E-state index in [1.807, 2.05) is 133 Å². The highest BCUT2D eigenvalue weighted by atomic mass is 32.2. The molecular weight excluding hydrogens is 612 g/mol. The number of hydrogen-bond acceptors (Lipinski definition) is 3. The predicted molar refractivity (Wildman–Crippen MR) is 171 cm³/mol. The molecule has 1 aliphatic carbocycles. The summed E-state index contributed by atoms with van der Waals surface area (Å²) in [5.41, 5.74) is -5.61. The Balaban J connectivity index is 1.84. The lowest BCUT2D eigenvalue weighted by Gasteiger charge is -2.21. The van der Waals surface area contributed by atoms with Crippen molar-refractivity contribution in [3.63, 3.8) is 0 Å². The number of hydrogen-bond donors (Lipinski definition) is 0. The van der Waals surface area contributed by atoms with Crippen LogP contribution in [0.5, 0.6) is 5.75 Å². The van der Waals surface area contributed by atoms with Crippen LogP contribution in [-0.2, 0) is 10.1 Å². The maximum Gasteiger partial charge on any atom is 0.534 e. The molecule has 0 aliphatic heterocycles. The molecular formula is C37H24F3O3PS. The van der Waals surface area contributed by atoms with Crippen molar-refractivity contribution >= 4 is 34.0 Å². The van der Waals surface area contributed by atoms with E-state index in [1.54, 1.807) is 0 Å². The lowest BCUT2D eigenvalue weighted by Crippen LogP contribution is -2.28. The zero-order chi connectivity index (χ0) is 31.2. The second-order valence-corrected chi connectivity index (χ2v) is 14.2. The molecule has 222 valence electrons. The molecule has 0 aromatic heterocycles. The van der Waals surface area contributed by atoms with Crippen molar-refractivity contribution in [2.24, 2.45) is 0 Å². The minimum Gasteiger partial charge on any atom is -0.375 e. The number of halogens is 3. The first-order chi connectivity index (χ1) is 21.7. The van der Waals surface area contributed by atoms with Gasteiger partial charge in [-0.1, -0.05) is 140 Å². The zero-order valence-electron chi connectivity index (χ0n) is 23.6. The first kappa shape index (κ1) is 29.0. The summed E-state index contributed by atoms with van der Waals surface area (Å²) in [6.07, 6.45) is 0. The third-order valence-corrected chi connectivity index (χ3v) is 11.2. The Hall–Kier alpha value is -4.71. The van der Waals surface area contributed by atoms with Gasteiger partial charge in [0, 0.05) is 10.4 Å². The second kappa shape index (κ2) is 11.3. The third kappa shape index (κ3) is 5.12. The summed E-state index contributed by atoms with van der Waals surface area (Å²) in [4.78, 5) is 0. The van der Waals surface area contributed by atoms with Crippen LogP contribution in [0.3, 0.4) is 0 Å². The van der Waals surface area contributed by atoms with Crippen LogP contribution in [0.2, 0.25) is 0 Å². The summed E-state index contributed by atoms with van der Waals surface area (Å²) >= 11 is 0. The van der Waals surface area contributed by atoms with Crippen LogP contribution in [0.1, 0.15) is 0 Å². The van der Waals surface area contributed by atoms with Gasteiger partial charge in [-0.2, -0.15) is 21.6 Å². The molecule has 0 spiro atoms. The van der Waals surface area contributed by atoms with Crippen LogP contribution < -0.4 is 20.1 Å². The molecule has 0 saturated carbocycles. The normalized spacial score (nSPS) is 15.5. The van der Waals surface area contributed by atoms with Crippen LogP contribution in [-0.4, -0.2) is 13.9 Å². The highest BCUT2D eigenvalue weighted by Gasteiger charge is 2.48. The largest absolute Gasteiger partial charge is 0.534 e. The summed E-state index contributed by atoms with van der Waals surface area (Å²) < 4.78 is 71.4. The molecule has 0 atom stereocenters. The van der Waals surface area contributed by atoms with Crippen molar-refractivity contribution in [1.29, 1.82) is 0 Å². The smallest absolute Gasteiger partial charge is 0.375 e. The molecule has 45 heavy (non-hydrogen) atoms. The fourth-order valence-corrected chi connectivity index (χ4v) is 8.90. The third-order valence-electron chi connectivity index (χ3n) is 7.80. The molecule has 0 N–H and O–H groups in total. The van der Waals surface area contributed by atoms with Crippen LogP contribution in [0, 0.1) is 41.7 Å². The minimum atomic E-state index is -5.98. The molecule has 6 aromatic carbocycles. The molecule has 7 rings (SSSR count). The standard InChI is InChI=1S/C37H24F3O3PS/c38-37(39,40)45(41,42)43-33-23-11-21-31-29-19-9-7-17-27(29)28-18-8-10-20-30(28)32-22-12-24-34(36(32)35(31)33)44(25-13-3-1-4-14-25)26-15-5-2-6-16-26/h1-24H/b28-27-,31-29-,32-30-,36-35-. The molecule has 0 bridgehead atoms. The maximum absolute atomic E-state index is 13.8. The molecule has 0 heterocycles. The van der Waals surface area contributed by atoms with Gasteiger partial charge in [-0.05, 0) is 61.2 Å². The van der Waals surface area contributed by atoms with Crippen molar-refractivity contribution in [2.45, 2.75) is 5.51 Å². The summed E-state index contributed by atoms with van der Waals surface area (Å²) in [6.45, 7) is 0. The monoisotopic (exact) mass is 636 g/mol. The van der Waals surface area contributed by atoms with E-state index in [1.165, 1.54) is 12.1 Å². The molecule has 0 amide bonds. The highest BCUT2D eigenvalue weighted by molar-refractivity contribution is 7.88. The Morgan fingerprint density at radius 1 is 0.467 bits per heavy atom. The maximum atomic E-state index is 13.8. The summed E-state index contributed by atoms with van der Waals surface area (Å²) in [5, 5.41) is 8.62. The zero-order valence-corrected chi connectivity index (χ0v) is 25.3. The van der Waals surface area contributed by atoms with Gasteiger partial charge in [0.1, 0.15) is 0 Å². The van der Waals surface area contributed by atoms with E-state index < -0.39 is 23.5 Å². The van der Waals surface area contributed by atoms with Crippen molar-refractivity contribution in [3.8, 4) is 5.75 Å². The van der Waals surface area contributed by atoms with E-state index in [4.69, 9.17) is 4.18 Å². The highest BCUT2D eigenvalue weighted by Crippen LogP contribution is 2.35. The van der Waals surface area contributed by atoms with Crippen molar-refractivity contribution < 1.29 is 25.8 Å². The summed E-state index contributed by atoms with van der Waals surface area (Å²) in [7, 11) is -7.24. The van der Waals surface area contributed by atoms with E-state index >= 15 is 0 Å². The molecule has 0 saturated heterocycles. The SMILES string of the molecule is O=S(=O)(Oc1cccc2/c1=c1/c(P(c3ccccc3)c3ccccc3)ccc/c1=c1\cccc\c1=c1/cccc/c1=2)C(F)(F)F. The van der Waals surface area contributed by atoms with E-state index in [2.05, 4.69) is 0 Å². The van der Waals surface area contributed by atoms with Crippen LogP contribution in [0.15, 0.2) is 146 Å². The molecule has 6 aromatic rings. The van der Waals surface area contributed by atoms with Gasteiger partial charge in [0.2, 0.25) is 0 Å². The Labute approximate surface area is 257 Å². The van der Waals surface area contributed by atoms with Crippen molar-refractivity contribution in [2.75, 3.05) is 0 Å². The van der Waals surface area contributed by atoms with E-state index in [9.17, 15) is 21.6 Å². The Bertz CT molecular complexity index is 2540. The first-order valence-corrected chi connectivity index (χ1v) is 16.9.